The van der Waals surface area contributed by atoms with Crippen LogP contribution in [0.4, 0.5) is 0 Å². The maximum Gasteiger partial charge on any atom is 0.325 e. The van der Waals surface area contributed by atoms with Gasteiger partial charge in [-0.15, -0.1) is 0 Å². The van der Waals surface area contributed by atoms with Crippen molar-refractivity contribution in [3.8, 4) is 6.07 Å². The van der Waals surface area contributed by atoms with E-state index >= 15 is 0 Å². The number of carbonyl (C=O) groups excluding carboxylic acids is 2. The van der Waals surface area contributed by atoms with Gasteiger partial charge in [-0.2, -0.15) is 5.26 Å². The van der Waals surface area contributed by atoms with Crippen LogP contribution in [0.25, 0.3) is 0 Å². The SMILES string of the molecule is N#CCCCOC(=O)CNC(=O)c1ccc(Cl)cc1Cl. The Bertz CT molecular complexity index is 541. The molecule has 0 aliphatic carbocycles. The van der Waals surface area contributed by atoms with E-state index in [1.807, 2.05) is 6.07 Å². The van der Waals surface area contributed by atoms with Crippen molar-refractivity contribution in [3.05, 3.63) is 33.8 Å². The summed E-state index contributed by atoms with van der Waals surface area (Å²) in [4.78, 5) is 23.1. The molecule has 0 spiro atoms. The summed E-state index contributed by atoms with van der Waals surface area (Å²) >= 11 is 11.6. The van der Waals surface area contributed by atoms with Gasteiger partial charge in [-0.05, 0) is 24.6 Å². The lowest BCUT2D eigenvalue weighted by Crippen LogP contribution is -2.30. The Morgan fingerprint density at radius 3 is 2.75 bits per heavy atom. The quantitative estimate of drug-likeness (QED) is 0.646. The third-order valence-corrected chi connectivity index (χ3v) is 2.81. The Labute approximate surface area is 126 Å². The van der Waals surface area contributed by atoms with Crippen molar-refractivity contribution in [3.63, 3.8) is 0 Å². The highest BCUT2D eigenvalue weighted by atomic mass is 35.5. The van der Waals surface area contributed by atoms with Crippen LogP contribution in [0.15, 0.2) is 18.2 Å². The predicted molar refractivity (Wildman–Crippen MR) is 74.6 cm³/mol. The van der Waals surface area contributed by atoms with Crippen molar-refractivity contribution in [2.45, 2.75) is 12.8 Å². The Hall–Kier alpha value is -1.77. The zero-order valence-electron chi connectivity index (χ0n) is 10.5. The maximum atomic E-state index is 11.8. The molecule has 7 heteroatoms. The maximum absolute atomic E-state index is 11.8. The van der Waals surface area contributed by atoms with E-state index in [1.54, 1.807) is 0 Å². The first-order chi connectivity index (χ1) is 9.54. The Morgan fingerprint density at radius 1 is 1.35 bits per heavy atom. The van der Waals surface area contributed by atoms with E-state index in [0.717, 1.165) is 0 Å². The van der Waals surface area contributed by atoms with Crippen LogP contribution in [-0.2, 0) is 9.53 Å². The largest absolute Gasteiger partial charge is 0.464 e. The van der Waals surface area contributed by atoms with Gasteiger partial charge in [0.05, 0.1) is 23.3 Å². The molecule has 1 rings (SSSR count). The van der Waals surface area contributed by atoms with Gasteiger partial charge in [0.1, 0.15) is 6.54 Å². The minimum atomic E-state index is -0.568. The number of benzene rings is 1. The van der Waals surface area contributed by atoms with Gasteiger partial charge in [0, 0.05) is 11.4 Å². The lowest BCUT2D eigenvalue weighted by molar-refractivity contribution is -0.142. The monoisotopic (exact) mass is 314 g/mol. The molecule has 1 aromatic rings. The first-order valence-electron chi connectivity index (χ1n) is 5.80. The molecule has 0 saturated heterocycles. The molecular formula is C13H12Cl2N2O3. The van der Waals surface area contributed by atoms with E-state index in [-0.39, 0.29) is 23.7 Å². The molecule has 1 aromatic carbocycles. The Balaban J connectivity index is 2.39. The first kappa shape index (κ1) is 16.3. The number of ether oxygens (including phenoxy) is 1. The molecule has 1 N–H and O–H groups in total. The van der Waals surface area contributed by atoms with E-state index in [9.17, 15) is 9.59 Å². The summed E-state index contributed by atoms with van der Waals surface area (Å²) < 4.78 is 4.82. The molecule has 0 radical (unpaired) electrons. The molecule has 5 nitrogen and oxygen atoms in total. The van der Waals surface area contributed by atoms with Crippen molar-refractivity contribution < 1.29 is 14.3 Å². The average Bonchev–Trinajstić information content (AvgIpc) is 2.41. The van der Waals surface area contributed by atoms with Gasteiger partial charge >= 0.3 is 5.97 Å². The van der Waals surface area contributed by atoms with Crippen LogP contribution in [-0.4, -0.2) is 25.0 Å². The van der Waals surface area contributed by atoms with E-state index in [0.29, 0.717) is 17.9 Å². The lowest BCUT2D eigenvalue weighted by Gasteiger charge is -2.07. The fourth-order valence-electron chi connectivity index (χ4n) is 1.31. The number of unbranched alkanes of at least 4 members (excludes halogenated alkanes) is 1. The predicted octanol–water partition coefficient (Wildman–Crippen LogP) is 2.57. The zero-order valence-corrected chi connectivity index (χ0v) is 12.0. The average molecular weight is 315 g/mol. The van der Waals surface area contributed by atoms with Crippen molar-refractivity contribution >= 4 is 35.1 Å². The Kier molecular flexibility index (Phi) is 6.85. The molecule has 0 heterocycles. The summed E-state index contributed by atoms with van der Waals surface area (Å²) in [5.74, 6) is -1.05. The molecule has 0 atom stereocenters. The highest BCUT2D eigenvalue weighted by molar-refractivity contribution is 6.36. The van der Waals surface area contributed by atoms with Gasteiger partial charge in [0.15, 0.2) is 0 Å². The molecule has 0 aromatic heterocycles. The lowest BCUT2D eigenvalue weighted by atomic mass is 10.2. The fourth-order valence-corrected chi connectivity index (χ4v) is 1.80. The molecule has 0 saturated carbocycles. The highest BCUT2D eigenvalue weighted by Gasteiger charge is 2.12. The Morgan fingerprint density at radius 2 is 2.10 bits per heavy atom. The number of nitrogens with one attached hydrogen (secondary N) is 1. The molecule has 20 heavy (non-hydrogen) atoms. The standard InChI is InChI=1S/C13H12Cl2N2O3/c14-9-3-4-10(11(15)7-9)13(19)17-8-12(18)20-6-2-1-5-16/h3-4,7H,1-2,6,8H2,(H,17,19). The first-order valence-corrected chi connectivity index (χ1v) is 6.56. The van der Waals surface area contributed by atoms with Crippen molar-refractivity contribution in [2.75, 3.05) is 13.2 Å². The number of nitrogens with zero attached hydrogens (tertiary/aromatic N) is 1. The van der Waals surface area contributed by atoms with Gasteiger partial charge < -0.3 is 10.1 Å². The summed E-state index contributed by atoms with van der Waals surface area (Å²) in [6.45, 7) is -0.103. The molecular weight excluding hydrogens is 303 g/mol. The number of carbonyl (C=O) groups is 2. The third kappa shape index (κ3) is 5.47. The summed E-state index contributed by atoms with van der Waals surface area (Å²) in [5, 5.41) is 11.3. The van der Waals surface area contributed by atoms with E-state index in [1.165, 1.54) is 18.2 Å². The van der Waals surface area contributed by atoms with Crippen LogP contribution >= 0.6 is 23.2 Å². The number of halogens is 2. The van der Waals surface area contributed by atoms with Gasteiger partial charge in [0.25, 0.3) is 5.91 Å². The fraction of sp³-hybridized carbons (Fsp3) is 0.308. The summed E-state index contributed by atoms with van der Waals surface area (Å²) in [6.07, 6.45) is 0.791. The van der Waals surface area contributed by atoms with E-state index < -0.39 is 11.9 Å². The molecule has 106 valence electrons. The van der Waals surface area contributed by atoms with Gasteiger partial charge in [0.2, 0.25) is 0 Å². The third-order valence-electron chi connectivity index (χ3n) is 2.27. The number of hydrogen-bond donors (Lipinski definition) is 1. The van der Waals surface area contributed by atoms with Gasteiger partial charge in [-0.3, -0.25) is 9.59 Å². The molecule has 0 bridgehead atoms. The number of rotatable bonds is 6. The second kappa shape index (κ2) is 8.41. The topological polar surface area (TPSA) is 79.2 Å². The summed E-state index contributed by atoms with van der Waals surface area (Å²) in [7, 11) is 0. The van der Waals surface area contributed by atoms with Crippen LogP contribution in [0.2, 0.25) is 10.0 Å². The van der Waals surface area contributed by atoms with Crippen LogP contribution in [0.5, 0.6) is 0 Å². The van der Waals surface area contributed by atoms with Gasteiger partial charge in [-0.1, -0.05) is 23.2 Å². The van der Waals surface area contributed by atoms with Crippen molar-refractivity contribution in [1.29, 1.82) is 5.26 Å². The number of nitriles is 1. The summed E-state index contributed by atoms with van der Waals surface area (Å²) in [6, 6.07) is 6.38. The molecule has 0 aliphatic rings. The summed E-state index contributed by atoms with van der Waals surface area (Å²) in [5.41, 5.74) is 0.230. The number of hydrogen-bond acceptors (Lipinski definition) is 4. The second-order valence-electron chi connectivity index (χ2n) is 3.79. The van der Waals surface area contributed by atoms with Gasteiger partial charge in [-0.25, -0.2) is 0 Å². The van der Waals surface area contributed by atoms with E-state index in [2.05, 4.69) is 5.32 Å². The smallest absolute Gasteiger partial charge is 0.325 e. The van der Waals surface area contributed by atoms with Crippen LogP contribution in [0.1, 0.15) is 23.2 Å². The number of amides is 1. The number of esters is 1. The van der Waals surface area contributed by atoms with Crippen LogP contribution < -0.4 is 5.32 Å². The zero-order chi connectivity index (χ0) is 15.0. The minimum absolute atomic E-state index is 0.157. The molecule has 0 fully saturated rings. The molecule has 1 amide bonds. The normalized spacial score (nSPS) is 9.65. The van der Waals surface area contributed by atoms with Crippen LogP contribution in [0, 0.1) is 11.3 Å². The second-order valence-corrected chi connectivity index (χ2v) is 4.63. The minimum Gasteiger partial charge on any atom is -0.464 e. The van der Waals surface area contributed by atoms with E-state index in [4.69, 9.17) is 33.2 Å². The van der Waals surface area contributed by atoms with Crippen molar-refractivity contribution in [1.82, 2.24) is 5.32 Å². The van der Waals surface area contributed by atoms with Crippen molar-refractivity contribution in [2.24, 2.45) is 0 Å². The molecule has 0 aliphatic heterocycles. The molecule has 0 unspecified atom stereocenters. The highest BCUT2D eigenvalue weighted by Crippen LogP contribution is 2.20. The van der Waals surface area contributed by atoms with Crippen LogP contribution in [0.3, 0.4) is 0 Å².